The van der Waals surface area contributed by atoms with Gasteiger partial charge in [-0.25, -0.2) is 0 Å². The number of ether oxygens (including phenoxy) is 3. The number of nitrogens with one attached hydrogen (secondary N) is 1. The summed E-state index contributed by atoms with van der Waals surface area (Å²) in [6.45, 7) is 2.98. The minimum atomic E-state index is -0.266. The van der Waals surface area contributed by atoms with Crippen molar-refractivity contribution < 1.29 is 19.0 Å². The molecule has 1 N–H and O–H groups in total. The second kappa shape index (κ2) is 7.49. The topological polar surface area (TPSA) is 56.8 Å². The number of para-hydroxylation sites is 2. The molecule has 0 fully saturated rings. The molecule has 0 saturated carbocycles. The van der Waals surface area contributed by atoms with E-state index in [0.717, 1.165) is 16.4 Å². The summed E-state index contributed by atoms with van der Waals surface area (Å²) in [5, 5.41) is 2.64. The summed E-state index contributed by atoms with van der Waals surface area (Å²) in [5.74, 6) is 2.03. The Morgan fingerprint density at radius 2 is 1.92 bits per heavy atom. The highest BCUT2D eigenvalue weighted by Crippen LogP contribution is 2.35. The third-order valence-electron chi connectivity index (χ3n) is 3.56. The normalized spacial score (nSPS) is 13.9. The number of rotatable bonds is 5. The van der Waals surface area contributed by atoms with E-state index in [0.29, 0.717) is 24.7 Å². The summed E-state index contributed by atoms with van der Waals surface area (Å²) >= 11 is 1.47. The van der Waals surface area contributed by atoms with Crippen molar-refractivity contribution in [1.82, 2.24) is 0 Å². The first-order chi connectivity index (χ1) is 11.7. The number of methoxy groups -OCH3 is 1. The molecule has 5 nitrogen and oxygen atoms in total. The molecule has 1 aliphatic rings. The van der Waals surface area contributed by atoms with Crippen LogP contribution in [-0.2, 0) is 4.79 Å². The van der Waals surface area contributed by atoms with E-state index in [1.807, 2.05) is 49.4 Å². The van der Waals surface area contributed by atoms with Crippen LogP contribution in [0.3, 0.4) is 0 Å². The van der Waals surface area contributed by atoms with Crippen molar-refractivity contribution in [1.29, 1.82) is 0 Å². The van der Waals surface area contributed by atoms with Gasteiger partial charge in [0.05, 0.1) is 18.0 Å². The second-order valence-corrected chi connectivity index (χ2v) is 6.67. The van der Waals surface area contributed by atoms with E-state index < -0.39 is 0 Å². The van der Waals surface area contributed by atoms with Crippen LogP contribution in [0, 0.1) is 0 Å². The number of carbonyl (C=O) groups excluding carboxylic acids is 1. The van der Waals surface area contributed by atoms with Gasteiger partial charge in [-0.3, -0.25) is 4.79 Å². The molecule has 2 aromatic carbocycles. The lowest BCUT2D eigenvalue weighted by molar-refractivity contribution is -0.115. The zero-order valence-corrected chi connectivity index (χ0v) is 14.4. The molecule has 2 aromatic rings. The van der Waals surface area contributed by atoms with Crippen LogP contribution in [0.15, 0.2) is 47.4 Å². The second-order valence-electron chi connectivity index (χ2n) is 5.26. The van der Waals surface area contributed by atoms with Gasteiger partial charge in [0, 0.05) is 4.90 Å². The van der Waals surface area contributed by atoms with Crippen LogP contribution < -0.4 is 19.5 Å². The number of fused-ring (bicyclic) bond motifs is 1. The van der Waals surface area contributed by atoms with Crippen LogP contribution in [0.5, 0.6) is 17.2 Å². The van der Waals surface area contributed by atoms with Crippen LogP contribution in [-0.4, -0.2) is 31.5 Å². The maximum Gasteiger partial charge on any atom is 0.237 e. The van der Waals surface area contributed by atoms with Gasteiger partial charge in [0.25, 0.3) is 0 Å². The summed E-state index contributed by atoms with van der Waals surface area (Å²) in [4.78, 5) is 13.4. The van der Waals surface area contributed by atoms with Crippen molar-refractivity contribution >= 4 is 23.4 Å². The largest absolute Gasteiger partial charge is 0.495 e. The predicted molar refractivity (Wildman–Crippen MR) is 94.4 cm³/mol. The molecule has 24 heavy (non-hydrogen) atoms. The fraction of sp³-hybridized carbons (Fsp3) is 0.278. The monoisotopic (exact) mass is 345 g/mol. The molecule has 0 aromatic heterocycles. The van der Waals surface area contributed by atoms with Crippen molar-refractivity contribution in [3.05, 3.63) is 42.5 Å². The van der Waals surface area contributed by atoms with Gasteiger partial charge in [-0.2, -0.15) is 0 Å². The summed E-state index contributed by atoms with van der Waals surface area (Å²) in [6.07, 6.45) is 0. The fourth-order valence-electron chi connectivity index (χ4n) is 2.34. The minimum Gasteiger partial charge on any atom is -0.495 e. The first-order valence-electron chi connectivity index (χ1n) is 7.67. The summed E-state index contributed by atoms with van der Waals surface area (Å²) in [5.41, 5.74) is 0.666. The Morgan fingerprint density at radius 3 is 2.71 bits per heavy atom. The van der Waals surface area contributed by atoms with Crippen molar-refractivity contribution in [3.8, 4) is 17.2 Å². The van der Waals surface area contributed by atoms with Crippen LogP contribution in [0.1, 0.15) is 6.92 Å². The lowest BCUT2D eigenvalue weighted by Gasteiger charge is -2.19. The standard InChI is InChI=1S/C18H19NO4S/c1-12(18(20)19-14-5-3-4-6-15(14)21-2)24-13-7-8-16-17(11-13)23-10-9-22-16/h3-8,11-12H,9-10H2,1-2H3,(H,19,20)/t12-/m1/s1. The molecule has 0 saturated heterocycles. The number of hydrogen-bond acceptors (Lipinski definition) is 5. The molecule has 1 atom stereocenters. The van der Waals surface area contributed by atoms with Crippen molar-refractivity contribution in [2.45, 2.75) is 17.1 Å². The molecule has 0 aliphatic carbocycles. The Hall–Kier alpha value is -2.34. The number of hydrogen-bond donors (Lipinski definition) is 1. The van der Waals surface area contributed by atoms with Gasteiger partial charge >= 0.3 is 0 Å². The number of anilines is 1. The van der Waals surface area contributed by atoms with Crippen molar-refractivity contribution in [2.75, 3.05) is 25.6 Å². The SMILES string of the molecule is COc1ccccc1NC(=O)[C@@H](C)Sc1ccc2c(c1)OCCO2. The van der Waals surface area contributed by atoms with Gasteiger partial charge < -0.3 is 19.5 Å². The fourth-order valence-corrected chi connectivity index (χ4v) is 3.23. The van der Waals surface area contributed by atoms with Crippen LogP contribution in [0.2, 0.25) is 0 Å². The number of carbonyl (C=O) groups is 1. The Labute approximate surface area is 145 Å². The van der Waals surface area contributed by atoms with Gasteiger partial charge in [-0.05, 0) is 37.3 Å². The molecule has 1 amide bonds. The Morgan fingerprint density at radius 1 is 1.17 bits per heavy atom. The highest BCUT2D eigenvalue weighted by Gasteiger charge is 2.18. The van der Waals surface area contributed by atoms with Gasteiger partial charge in [0.15, 0.2) is 11.5 Å². The average molecular weight is 345 g/mol. The zero-order chi connectivity index (χ0) is 16.9. The van der Waals surface area contributed by atoms with Gasteiger partial charge in [-0.15, -0.1) is 11.8 Å². The van der Waals surface area contributed by atoms with E-state index in [-0.39, 0.29) is 11.2 Å². The lowest BCUT2D eigenvalue weighted by Crippen LogP contribution is -2.22. The zero-order valence-electron chi connectivity index (χ0n) is 13.6. The van der Waals surface area contributed by atoms with E-state index in [2.05, 4.69) is 5.32 Å². The van der Waals surface area contributed by atoms with E-state index in [9.17, 15) is 4.79 Å². The molecule has 1 aliphatic heterocycles. The molecule has 3 rings (SSSR count). The van der Waals surface area contributed by atoms with Crippen molar-refractivity contribution in [3.63, 3.8) is 0 Å². The molecule has 0 radical (unpaired) electrons. The van der Waals surface area contributed by atoms with E-state index >= 15 is 0 Å². The molecular weight excluding hydrogens is 326 g/mol. The van der Waals surface area contributed by atoms with Crippen LogP contribution in [0.4, 0.5) is 5.69 Å². The Bertz CT molecular complexity index is 735. The molecule has 0 unspecified atom stereocenters. The molecule has 1 heterocycles. The minimum absolute atomic E-state index is 0.0839. The molecule has 126 valence electrons. The number of benzene rings is 2. The summed E-state index contributed by atoms with van der Waals surface area (Å²) in [7, 11) is 1.58. The van der Waals surface area contributed by atoms with E-state index in [1.54, 1.807) is 7.11 Å². The van der Waals surface area contributed by atoms with Gasteiger partial charge in [-0.1, -0.05) is 12.1 Å². The van der Waals surface area contributed by atoms with Gasteiger partial charge in [0.1, 0.15) is 19.0 Å². The van der Waals surface area contributed by atoms with E-state index in [4.69, 9.17) is 14.2 Å². The highest BCUT2D eigenvalue weighted by atomic mass is 32.2. The number of amides is 1. The Kier molecular flexibility index (Phi) is 5.15. The van der Waals surface area contributed by atoms with Gasteiger partial charge in [0.2, 0.25) is 5.91 Å². The summed E-state index contributed by atoms with van der Waals surface area (Å²) < 4.78 is 16.3. The first-order valence-corrected chi connectivity index (χ1v) is 8.55. The Balaban J connectivity index is 1.66. The highest BCUT2D eigenvalue weighted by molar-refractivity contribution is 8.00. The maximum atomic E-state index is 12.4. The van der Waals surface area contributed by atoms with Crippen LogP contribution in [0.25, 0.3) is 0 Å². The third-order valence-corrected chi connectivity index (χ3v) is 4.65. The predicted octanol–water partition coefficient (Wildman–Crippen LogP) is 3.59. The molecule has 0 spiro atoms. The molecule has 6 heteroatoms. The number of thioether (sulfide) groups is 1. The van der Waals surface area contributed by atoms with Crippen molar-refractivity contribution in [2.24, 2.45) is 0 Å². The lowest BCUT2D eigenvalue weighted by atomic mass is 10.3. The van der Waals surface area contributed by atoms with E-state index in [1.165, 1.54) is 11.8 Å². The smallest absolute Gasteiger partial charge is 0.237 e. The maximum absolute atomic E-state index is 12.4. The quantitative estimate of drug-likeness (QED) is 0.840. The third kappa shape index (κ3) is 3.76. The average Bonchev–Trinajstić information content (AvgIpc) is 2.62. The molecular formula is C18H19NO4S. The molecule has 0 bridgehead atoms. The van der Waals surface area contributed by atoms with Crippen LogP contribution >= 0.6 is 11.8 Å². The summed E-state index contributed by atoms with van der Waals surface area (Å²) in [6, 6.07) is 13.1. The first kappa shape index (κ1) is 16.5.